The van der Waals surface area contributed by atoms with Crippen LogP contribution in [0.4, 0.5) is 0 Å². The molecular weight excluding hydrogens is 274 g/mol. The topological polar surface area (TPSA) is 38.3 Å². The van der Waals surface area contributed by atoms with Crippen molar-refractivity contribution in [3.05, 3.63) is 71.8 Å². The Morgan fingerprint density at radius 1 is 1.14 bits per heavy atom. The summed E-state index contributed by atoms with van der Waals surface area (Å²) in [6.45, 7) is 2.06. The van der Waals surface area contributed by atoms with Gasteiger partial charge in [0.15, 0.2) is 0 Å². The largest absolute Gasteiger partial charge is 0.497 e. The second-order valence-electron chi connectivity index (χ2n) is 4.99. The van der Waals surface area contributed by atoms with E-state index >= 15 is 0 Å². The lowest BCUT2D eigenvalue weighted by molar-refractivity contribution is -0.117. The van der Waals surface area contributed by atoms with E-state index in [4.69, 9.17) is 4.74 Å². The van der Waals surface area contributed by atoms with Crippen LogP contribution in [-0.2, 0) is 4.79 Å². The van der Waals surface area contributed by atoms with Crippen molar-refractivity contribution in [2.45, 2.75) is 19.4 Å². The second kappa shape index (κ2) is 8.03. The molecule has 3 nitrogen and oxygen atoms in total. The first-order valence-corrected chi connectivity index (χ1v) is 7.40. The first-order valence-electron chi connectivity index (χ1n) is 7.40. The number of ether oxygens (including phenoxy) is 1. The maximum atomic E-state index is 12.1. The molecule has 0 radical (unpaired) electrons. The molecule has 0 heterocycles. The van der Waals surface area contributed by atoms with Crippen molar-refractivity contribution in [1.82, 2.24) is 5.32 Å². The van der Waals surface area contributed by atoms with Gasteiger partial charge in [-0.1, -0.05) is 49.4 Å². The van der Waals surface area contributed by atoms with Crippen molar-refractivity contribution < 1.29 is 9.53 Å². The molecule has 0 aromatic heterocycles. The van der Waals surface area contributed by atoms with Gasteiger partial charge in [-0.3, -0.25) is 4.79 Å². The summed E-state index contributed by atoms with van der Waals surface area (Å²) in [5.74, 6) is 0.711. The third-order valence-corrected chi connectivity index (χ3v) is 3.47. The van der Waals surface area contributed by atoms with Crippen LogP contribution in [-0.4, -0.2) is 13.0 Å². The van der Waals surface area contributed by atoms with Gasteiger partial charge in [0, 0.05) is 6.08 Å². The Morgan fingerprint density at radius 2 is 1.82 bits per heavy atom. The van der Waals surface area contributed by atoms with Crippen LogP contribution in [0.1, 0.15) is 30.5 Å². The molecular formula is C19H21NO2. The fourth-order valence-corrected chi connectivity index (χ4v) is 2.21. The first kappa shape index (κ1) is 15.8. The Labute approximate surface area is 131 Å². The summed E-state index contributed by atoms with van der Waals surface area (Å²) in [4.78, 5) is 12.1. The Hall–Kier alpha value is -2.55. The van der Waals surface area contributed by atoms with Crippen LogP contribution >= 0.6 is 0 Å². The summed E-state index contributed by atoms with van der Waals surface area (Å²) in [6, 6.07) is 17.6. The van der Waals surface area contributed by atoms with Gasteiger partial charge in [-0.05, 0) is 35.8 Å². The van der Waals surface area contributed by atoms with E-state index in [1.54, 1.807) is 19.3 Å². The molecule has 1 N–H and O–H groups in total. The number of amides is 1. The van der Waals surface area contributed by atoms with Crippen LogP contribution in [0.3, 0.4) is 0 Å². The van der Waals surface area contributed by atoms with E-state index in [0.717, 1.165) is 23.3 Å². The van der Waals surface area contributed by atoms with E-state index in [2.05, 4.69) is 12.2 Å². The zero-order valence-electron chi connectivity index (χ0n) is 13.0. The van der Waals surface area contributed by atoms with Crippen molar-refractivity contribution in [2.24, 2.45) is 0 Å². The molecule has 1 amide bonds. The molecule has 114 valence electrons. The maximum Gasteiger partial charge on any atom is 0.244 e. The van der Waals surface area contributed by atoms with Gasteiger partial charge in [0.25, 0.3) is 0 Å². The molecule has 2 aromatic carbocycles. The summed E-state index contributed by atoms with van der Waals surface area (Å²) >= 11 is 0. The van der Waals surface area contributed by atoms with E-state index in [-0.39, 0.29) is 11.9 Å². The van der Waals surface area contributed by atoms with Crippen molar-refractivity contribution >= 4 is 12.0 Å². The molecule has 2 aromatic rings. The third-order valence-electron chi connectivity index (χ3n) is 3.47. The Morgan fingerprint density at radius 3 is 2.41 bits per heavy atom. The monoisotopic (exact) mass is 295 g/mol. The highest BCUT2D eigenvalue weighted by Crippen LogP contribution is 2.16. The number of carbonyl (C=O) groups is 1. The number of hydrogen-bond acceptors (Lipinski definition) is 2. The molecule has 0 aliphatic rings. The van der Waals surface area contributed by atoms with Gasteiger partial charge in [-0.15, -0.1) is 0 Å². The van der Waals surface area contributed by atoms with Crippen molar-refractivity contribution in [3.8, 4) is 5.75 Å². The number of benzene rings is 2. The zero-order valence-corrected chi connectivity index (χ0v) is 13.0. The molecule has 2 rings (SSSR count). The molecule has 3 heteroatoms. The predicted molar refractivity (Wildman–Crippen MR) is 89.6 cm³/mol. The minimum absolute atomic E-state index is 0.0363. The average molecular weight is 295 g/mol. The quantitative estimate of drug-likeness (QED) is 0.819. The molecule has 0 fully saturated rings. The molecule has 1 atom stereocenters. The summed E-state index contributed by atoms with van der Waals surface area (Å²) in [6.07, 6.45) is 4.21. The smallest absolute Gasteiger partial charge is 0.244 e. The van der Waals surface area contributed by atoms with Crippen molar-refractivity contribution in [2.75, 3.05) is 7.11 Å². The van der Waals surface area contributed by atoms with E-state index in [9.17, 15) is 4.79 Å². The van der Waals surface area contributed by atoms with Gasteiger partial charge in [0.05, 0.1) is 13.2 Å². The minimum atomic E-state index is -0.0912. The minimum Gasteiger partial charge on any atom is -0.497 e. The molecule has 0 bridgehead atoms. The Balaban J connectivity index is 1.97. The summed E-state index contributed by atoms with van der Waals surface area (Å²) in [5.41, 5.74) is 2.08. The fourth-order valence-electron chi connectivity index (χ4n) is 2.21. The lowest BCUT2D eigenvalue weighted by atomic mass is 10.0. The average Bonchev–Trinajstić information content (AvgIpc) is 2.59. The highest BCUT2D eigenvalue weighted by molar-refractivity contribution is 5.92. The van der Waals surface area contributed by atoms with Crippen LogP contribution < -0.4 is 10.1 Å². The normalized spacial score (nSPS) is 12.1. The molecule has 0 aliphatic carbocycles. The third kappa shape index (κ3) is 4.48. The predicted octanol–water partition coefficient (Wildman–Crippen LogP) is 3.98. The molecule has 1 unspecified atom stereocenters. The van der Waals surface area contributed by atoms with Crippen molar-refractivity contribution in [3.63, 3.8) is 0 Å². The van der Waals surface area contributed by atoms with Crippen molar-refractivity contribution in [1.29, 1.82) is 0 Å². The highest BCUT2D eigenvalue weighted by atomic mass is 16.5. The number of rotatable bonds is 6. The van der Waals surface area contributed by atoms with Gasteiger partial charge < -0.3 is 10.1 Å². The van der Waals surface area contributed by atoms with Crippen LogP contribution in [0, 0.1) is 0 Å². The molecule has 0 spiro atoms. The lowest BCUT2D eigenvalue weighted by Crippen LogP contribution is -2.26. The fraction of sp³-hybridized carbons (Fsp3) is 0.211. The molecule has 22 heavy (non-hydrogen) atoms. The first-order chi connectivity index (χ1) is 10.7. The second-order valence-corrected chi connectivity index (χ2v) is 4.99. The van der Waals surface area contributed by atoms with Gasteiger partial charge in [0.1, 0.15) is 5.75 Å². The van der Waals surface area contributed by atoms with Crippen LogP contribution in [0.25, 0.3) is 6.08 Å². The molecule has 0 saturated carbocycles. The number of hydrogen-bond donors (Lipinski definition) is 1. The van der Waals surface area contributed by atoms with Crippen LogP contribution in [0.5, 0.6) is 5.75 Å². The van der Waals surface area contributed by atoms with Gasteiger partial charge in [-0.25, -0.2) is 0 Å². The lowest BCUT2D eigenvalue weighted by Gasteiger charge is -2.16. The number of carbonyl (C=O) groups excluding carboxylic acids is 1. The number of methoxy groups -OCH3 is 1. The van der Waals surface area contributed by atoms with E-state index in [0.29, 0.717) is 0 Å². The Bertz CT molecular complexity index is 618. The van der Waals surface area contributed by atoms with E-state index in [1.807, 2.05) is 54.6 Å². The summed E-state index contributed by atoms with van der Waals surface area (Å²) < 4.78 is 5.11. The van der Waals surface area contributed by atoms with Crippen LogP contribution in [0.15, 0.2) is 60.7 Å². The van der Waals surface area contributed by atoms with Gasteiger partial charge in [0.2, 0.25) is 5.91 Å². The van der Waals surface area contributed by atoms with E-state index in [1.165, 1.54) is 0 Å². The van der Waals surface area contributed by atoms with Gasteiger partial charge in [-0.2, -0.15) is 0 Å². The number of nitrogens with one attached hydrogen (secondary N) is 1. The van der Waals surface area contributed by atoms with E-state index < -0.39 is 0 Å². The standard InChI is InChI=1S/C19H21NO2/c1-3-18(16-7-5-4-6-8-16)20-19(21)14-11-15-9-12-17(22-2)13-10-15/h4-14,18H,3H2,1-2H3,(H,20,21)/b14-11+. The van der Waals surface area contributed by atoms with Crippen LogP contribution in [0.2, 0.25) is 0 Å². The highest BCUT2D eigenvalue weighted by Gasteiger charge is 2.10. The maximum absolute atomic E-state index is 12.1. The summed E-state index contributed by atoms with van der Waals surface area (Å²) in [7, 11) is 1.63. The SMILES string of the molecule is CCC(NC(=O)/C=C/c1ccc(OC)cc1)c1ccccc1. The summed E-state index contributed by atoms with van der Waals surface area (Å²) in [5, 5.41) is 3.03. The molecule has 0 aliphatic heterocycles. The zero-order chi connectivity index (χ0) is 15.8. The molecule has 0 saturated heterocycles. The van der Waals surface area contributed by atoms with Gasteiger partial charge >= 0.3 is 0 Å². The Kier molecular flexibility index (Phi) is 5.78.